The Balaban J connectivity index is 2.48. The Morgan fingerprint density at radius 2 is 1.95 bits per heavy atom. The van der Waals surface area contributed by atoms with Gasteiger partial charge in [-0.2, -0.15) is 0 Å². The van der Waals surface area contributed by atoms with Gasteiger partial charge in [0.1, 0.15) is 6.33 Å². The summed E-state index contributed by atoms with van der Waals surface area (Å²) in [4.78, 5) is 18.1. The Kier molecular flexibility index (Phi) is 4.47. The average Bonchev–Trinajstić information content (AvgIpc) is 2.42. The molecule has 2 aromatic rings. The second-order valence-corrected chi connectivity index (χ2v) is 5.34. The Labute approximate surface area is 130 Å². The molecule has 20 heavy (non-hydrogen) atoms. The molecule has 0 atom stereocenters. The molecule has 0 unspecified atom stereocenters. The highest BCUT2D eigenvalue weighted by Gasteiger charge is 2.23. The van der Waals surface area contributed by atoms with Crippen molar-refractivity contribution in [3.8, 4) is 0 Å². The zero-order valence-electron chi connectivity index (χ0n) is 9.80. The van der Waals surface area contributed by atoms with E-state index in [1.54, 1.807) is 12.1 Å². The lowest BCUT2D eigenvalue weighted by molar-refractivity contribution is -0.383. The van der Waals surface area contributed by atoms with Crippen molar-refractivity contribution in [1.29, 1.82) is 0 Å². The standard InChI is InChI=1S/C10H8Br2N6O2/c11-5-1-2-6(12)7(3-5)16-9-8(18(19)20)10(17-13)15-4-14-9/h1-4H,13H2,(H2,14,15,16,17). The van der Waals surface area contributed by atoms with Crippen molar-refractivity contribution in [1.82, 2.24) is 9.97 Å². The fourth-order valence-electron chi connectivity index (χ4n) is 1.47. The number of nitrogen functional groups attached to an aromatic ring is 1. The van der Waals surface area contributed by atoms with Gasteiger partial charge in [0, 0.05) is 8.95 Å². The molecule has 8 nitrogen and oxygen atoms in total. The molecule has 0 radical (unpaired) electrons. The van der Waals surface area contributed by atoms with E-state index in [9.17, 15) is 10.1 Å². The largest absolute Gasteiger partial charge is 0.354 e. The van der Waals surface area contributed by atoms with Crippen LogP contribution in [0.3, 0.4) is 0 Å². The van der Waals surface area contributed by atoms with E-state index in [2.05, 4.69) is 52.6 Å². The van der Waals surface area contributed by atoms with Crippen LogP contribution in [0.5, 0.6) is 0 Å². The number of nitro groups is 1. The van der Waals surface area contributed by atoms with Crippen LogP contribution in [0, 0.1) is 10.1 Å². The van der Waals surface area contributed by atoms with E-state index < -0.39 is 4.92 Å². The van der Waals surface area contributed by atoms with Gasteiger partial charge in [-0.1, -0.05) is 15.9 Å². The number of halogens is 2. The number of nitrogens with zero attached hydrogens (tertiary/aromatic N) is 3. The van der Waals surface area contributed by atoms with Crippen molar-refractivity contribution in [2.24, 2.45) is 5.84 Å². The van der Waals surface area contributed by atoms with Crippen molar-refractivity contribution >= 4 is 54.9 Å². The third-order valence-corrected chi connectivity index (χ3v) is 3.51. The number of anilines is 3. The van der Waals surface area contributed by atoms with Gasteiger partial charge in [-0.05, 0) is 34.1 Å². The molecule has 0 amide bonds. The summed E-state index contributed by atoms with van der Waals surface area (Å²) in [5.74, 6) is 5.18. The van der Waals surface area contributed by atoms with Crippen LogP contribution in [0.1, 0.15) is 0 Å². The minimum absolute atomic E-state index is 0.0387. The number of nitrogens with two attached hydrogens (primary N) is 1. The number of aromatic nitrogens is 2. The predicted molar refractivity (Wildman–Crippen MR) is 81.6 cm³/mol. The lowest BCUT2D eigenvalue weighted by Gasteiger charge is -2.10. The van der Waals surface area contributed by atoms with Crippen molar-refractivity contribution in [3.63, 3.8) is 0 Å². The van der Waals surface area contributed by atoms with E-state index in [1.807, 2.05) is 6.07 Å². The van der Waals surface area contributed by atoms with Gasteiger partial charge in [0.2, 0.25) is 11.6 Å². The third-order valence-electron chi connectivity index (χ3n) is 2.32. The summed E-state index contributed by atoms with van der Waals surface area (Å²) >= 11 is 6.67. The van der Waals surface area contributed by atoms with E-state index in [-0.39, 0.29) is 17.3 Å². The van der Waals surface area contributed by atoms with Gasteiger partial charge in [-0.25, -0.2) is 15.8 Å². The summed E-state index contributed by atoms with van der Waals surface area (Å²) < 4.78 is 1.55. The molecule has 104 valence electrons. The van der Waals surface area contributed by atoms with Crippen LogP contribution in [-0.4, -0.2) is 14.9 Å². The maximum Gasteiger partial charge on any atom is 0.354 e. The summed E-state index contributed by atoms with van der Waals surface area (Å²) in [6.45, 7) is 0. The summed E-state index contributed by atoms with van der Waals surface area (Å²) in [6.07, 6.45) is 1.18. The van der Waals surface area contributed by atoms with Gasteiger partial charge in [0.05, 0.1) is 10.6 Å². The van der Waals surface area contributed by atoms with Crippen molar-refractivity contribution in [2.75, 3.05) is 10.7 Å². The number of rotatable bonds is 4. The Bertz CT molecular complexity index is 666. The molecule has 1 heterocycles. The van der Waals surface area contributed by atoms with E-state index in [4.69, 9.17) is 5.84 Å². The van der Waals surface area contributed by atoms with Crippen LogP contribution in [0.4, 0.5) is 23.0 Å². The third kappa shape index (κ3) is 3.03. The quantitative estimate of drug-likeness (QED) is 0.407. The second-order valence-electron chi connectivity index (χ2n) is 3.57. The van der Waals surface area contributed by atoms with Crippen LogP contribution in [-0.2, 0) is 0 Å². The molecule has 0 saturated heterocycles. The fraction of sp³-hybridized carbons (Fsp3) is 0. The molecule has 10 heteroatoms. The van der Waals surface area contributed by atoms with Crippen LogP contribution < -0.4 is 16.6 Å². The molecule has 0 aliphatic heterocycles. The lowest BCUT2D eigenvalue weighted by atomic mass is 10.3. The molecule has 0 aliphatic carbocycles. The fourth-order valence-corrected chi connectivity index (χ4v) is 2.18. The molecule has 0 aliphatic rings. The molecule has 0 fully saturated rings. The molecule has 1 aromatic heterocycles. The Hall–Kier alpha value is -1.78. The molecular formula is C10H8Br2N6O2. The average molecular weight is 404 g/mol. The van der Waals surface area contributed by atoms with Gasteiger partial charge in [-0.3, -0.25) is 10.1 Å². The van der Waals surface area contributed by atoms with Crippen molar-refractivity contribution < 1.29 is 4.92 Å². The normalized spacial score (nSPS) is 10.2. The van der Waals surface area contributed by atoms with Gasteiger partial charge in [0.25, 0.3) is 0 Å². The molecule has 0 bridgehead atoms. The first kappa shape index (κ1) is 14.6. The number of hydrogen-bond acceptors (Lipinski definition) is 7. The predicted octanol–water partition coefficient (Wildman–Crippen LogP) is 2.94. The minimum Gasteiger partial charge on any atom is -0.333 e. The van der Waals surface area contributed by atoms with Crippen LogP contribution in [0.2, 0.25) is 0 Å². The molecule has 2 rings (SSSR count). The molecule has 1 aromatic carbocycles. The zero-order valence-corrected chi connectivity index (χ0v) is 13.0. The highest BCUT2D eigenvalue weighted by atomic mass is 79.9. The summed E-state index contributed by atoms with van der Waals surface area (Å²) in [5, 5.41) is 14.0. The summed E-state index contributed by atoms with van der Waals surface area (Å²) in [5.41, 5.74) is 2.46. The van der Waals surface area contributed by atoms with Gasteiger partial charge < -0.3 is 10.7 Å². The summed E-state index contributed by atoms with van der Waals surface area (Å²) in [6, 6.07) is 5.38. The Morgan fingerprint density at radius 3 is 2.60 bits per heavy atom. The first-order valence-corrected chi connectivity index (χ1v) is 6.79. The van der Waals surface area contributed by atoms with E-state index in [1.165, 1.54) is 6.33 Å². The molecule has 0 spiro atoms. The number of benzene rings is 1. The van der Waals surface area contributed by atoms with Crippen LogP contribution in [0.15, 0.2) is 33.5 Å². The minimum atomic E-state index is -0.608. The zero-order chi connectivity index (χ0) is 14.7. The van der Waals surface area contributed by atoms with Crippen LogP contribution in [0.25, 0.3) is 0 Å². The smallest absolute Gasteiger partial charge is 0.333 e. The van der Waals surface area contributed by atoms with Gasteiger partial charge in [0.15, 0.2) is 0 Å². The molecule has 0 saturated carbocycles. The van der Waals surface area contributed by atoms with Crippen molar-refractivity contribution in [3.05, 3.63) is 43.6 Å². The van der Waals surface area contributed by atoms with E-state index >= 15 is 0 Å². The molecule has 4 N–H and O–H groups in total. The maximum absolute atomic E-state index is 11.1. The molecular weight excluding hydrogens is 396 g/mol. The maximum atomic E-state index is 11.1. The SMILES string of the molecule is NNc1ncnc(Nc2cc(Br)ccc2Br)c1[N+](=O)[O-]. The lowest BCUT2D eigenvalue weighted by Crippen LogP contribution is -2.12. The highest BCUT2D eigenvalue weighted by molar-refractivity contribution is 9.11. The number of hydrogen-bond donors (Lipinski definition) is 3. The van der Waals surface area contributed by atoms with Crippen LogP contribution >= 0.6 is 31.9 Å². The van der Waals surface area contributed by atoms with Gasteiger partial charge >= 0.3 is 5.69 Å². The first-order valence-electron chi connectivity index (χ1n) is 5.21. The number of hydrazine groups is 1. The Morgan fingerprint density at radius 1 is 1.25 bits per heavy atom. The van der Waals surface area contributed by atoms with E-state index in [0.29, 0.717) is 5.69 Å². The second kappa shape index (κ2) is 6.11. The van der Waals surface area contributed by atoms with Crippen molar-refractivity contribution in [2.45, 2.75) is 0 Å². The van der Waals surface area contributed by atoms with E-state index in [0.717, 1.165) is 8.95 Å². The number of nitrogens with one attached hydrogen (secondary N) is 2. The monoisotopic (exact) mass is 402 g/mol. The summed E-state index contributed by atoms with van der Waals surface area (Å²) in [7, 11) is 0. The first-order chi connectivity index (χ1) is 9.52. The topological polar surface area (TPSA) is 119 Å². The van der Waals surface area contributed by atoms with Gasteiger partial charge in [-0.15, -0.1) is 0 Å². The highest BCUT2D eigenvalue weighted by Crippen LogP contribution is 2.34.